The monoisotopic (exact) mass is 789 g/mol. The van der Waals surface area contributed by atoms with Crippen LogP contribution in [0.25, 0.3) is 0 Å². The highest BCUT2D eigenvalue weighted by molar-refractivity contribution is 7.46. The molecule has 11 nitrogen and oxygen atoms in total. The third-order valence-corrected chi connectivity index (χ3v) is 10.8. The topological polar surface area (TPSA) is 180 Å². The molecule has 0 radical (unpaired) electrons. The lowest BCUT2D eigenvalue weighted by molar-refractivity contribution is -0.160. The normalized spacial score (nSPS) is 20.2. The van der Waals surface area contributed by atoms with Crippen LogP contribution >= 0.6 is 7.82 Å². The van der Waals surface area contributed by atoms with Gasteiger partial charge in [-0.1, -0.05) is 167 Å². The second-order valence-corrected chi connectivity index (χ2v) is 16.6. The summed E-state index contributed by atoms with van der Waals surface area (Å²) in [6.45, 7) is 3.32. The fraction of sp³-hybridized carbons (Fsp3) is 0.857. The van der Waals surface area contributed by atoms with Crippen molar-refractivity contribution in [2.24, 2.45) is 11.8 Å². The molecule has 0 aromatic carbocycles. The van der Waals surface area contributed by atoms with Crippen molar-refractivity contribution >= 4 is 19.8 Å². The van der Waals surface area contributed by atoms with E-state index in [2.05, 4.69) is 18.4 Å². The molecule has 54 heavy (non-hydrogen) atoms. The molecule has 1 aliphatic carbocycles. The van der Waals surface area contributed by atoms with E-state index in [1.165, 1.54) is 89.9 Å². The number of allylic oxidation sites excluding steroid dienone is 1. The molecule has 0 aromatic rings. The number of carbonyl (C=O) groups excluding carboxylic acids is 2. The molecule has 0 aromatic heterocycles. The summed E-state index contributed by atoms with van der Waals surface area (Å²) in [6, 6.07) is 0. The van der Waals surface area contributed by atoms with Gasteiger partial charge in [0.15, 0.2) is 6.10 Å². The Bertz CT molecular complexity index is 1050. The molecule has 0 unspecified atom stereocenters. The first-order valence-electron chi connectivity index (χ1n) is 21.4. The maximum atomic E-state index is 12.5. The average Bonchev–Trinajstić information content (AvgIpc) is 3.40. The summed E-state index contributed by atoms with van der Waals surface area (Å²) in [5.41, 5.74) is 0. The standard InChI is InChI=1S/C42H77O11P/c1-3-5-7-8-9-10-11-12-13-14-15-16-17-18-19-20-21-23-28-41(46)51-33-36(34-52-54(48,49)50)53-42(47)29-25-24-27-37-38(40(45)32-39(37)44)31-30-35(43)26-22-6-4-2/h24-25,30-31,35-40,43-45H,3-23,26-29,32-34H2,1-2H3,(H2,48,49,50)/b25-24-,31-30+/t35-,36-,37+,38-,39+,40-/m1/s1. The molecule has 12 heteroatoms. The first-order valence-corrected chi connectivity index (χ1v) is 22.9. The summed E-state index contributed by atoms with van der Waals surface area (Å²) >= 11 is 0. The number of aliphatic hydroxyl groups excluding tert-OH is 3. The Morgan fingerprint density at radius 3 is 1.76 bits per heavy atom. The Labute approximate surface area is 327 Å². The molecule has 1 rings (SSSR count). The second kappa shape index (κ2) is 32.5. The minimum atomic E-state index is -4.85. The number of phosphoric ester groups is 1. The van der Waals surface area contributed by atoms with Gasteiger partial charge in [-0.3, -0.25) is 14.1 Å². The van der Waals surface area contributed by atoms with Crippen LogP contribution < -0.4 is 0 Å². The number of esters is 2. The summed E-state index contributed by atoms with van der Waals surface area (Å²) < 4.78 is 26.4. The van der Waals surface area contributed by atoms with Crippen molar-refractivity contribution < 1.29 is 53.3 Å². The fourth-order valence-electron chi connectivity index (χ4n) is 7.06. The molecule has 1 aliphatic rings. The van der Waals surface area contributed by atoms with E-state index in [4.69, 9.17) is 19.3 Å². The quantitative estimate of drug-likeness (QED) is 0.0179. The van der Waals surface area contributed by atoms with Gasteiger partial charge in [0.05, 0.1) is 31.3 Å². The van der Waals surface area contributed by atoms with Crippen LogP contribution in [-0.4, -0.2) is 74.7 Å². The summed E-state index contributed by atoms with van der Waals surface area (Å²) in [5.74, 6) is -1.81. The van der Waals surface area contributed by atoms with Crippen LogP contribution in [0.2, 0.25) is 0 Å². The van der Waals surface area contributed by atoms with Crippen molar-refractivity contribution in [3.05, 3.63) is 24.3 Å². The lowest BCUT2D eigenvalue weighted by Crippen LogP contribution is -2.29. The highest BCUT2D eigenvalue weighted by Gasteiger charge is 2.39. The first kappa shape index (κ1) is 50.4. The van der Waals surface area contributed by atoms with Crippen molar-refractivity contribution in [1.29, 1.82) is 0 Å². The van der Waals surface area contributed by atoms with Crippen molar-refractivity contribution in [3.8, 4) is 0 Å². The van der Waals surface area contributed by atoms with E-state index in [0.717, 1.165) is 38.5 Å². The van der Waals surface area contributed by atoms with Crippen LogP contribution in [0.15, 0.2) is 24.3 Å². The summed E-state index contributed by atoms with van der Waals surface area (Å²) in [6.07, 6.45) is 30.3. The van der Waals surface area contributed by atoms with Gasteiger partial charge in [-0.25, -0.2) is 4.57 Å². The van der Waals surface area contributed by atoms with E-state index in [1.54, 1.807) is 24.3 Å². The number of hydrogen-bond donors (Lipinski definition) is 5. The van der Waals surface area contributed by atoms with Crippen LogP contribution in [0.5, 0.6) is 0 Å². The molecule has 0 saturated heterocycles. The number of phosphoric acid groups is 1. The number of hydrogen-bond acceptors (Lipinski definition) is 9. The van der Waals surface area contributed by atoms with Crippen LogP contribution in [0, 0.1) is 11.8 Å². The number of rotatable bonds is 35. The number of unbranched alkanes of at least 4 members (excludes halogenated alkanes) is 19. The van der Waals surface area contributed by atoms with E-state index < -0.39 is 57.4 Å². The third kappa shape index (κ3) is 27.9. The Hall–Kier alpha value is -1.59. The minimum Gasteiger partial charge on any atom is -0.462 e. The molecule has 0 aliphatic heterocycles. The Kier molecular flexibility index (Phi) is 30.3. The lowest BCUT2D eigenvalue weighted by Gasteiger charge is -2.20. The molecular formula is C42H77O11P. The first-order chi connectivity index (χ1) is 26.0. The van der Waals surface area contributed by atoms with Crippen molar-refractivity contribution in [1.82, 2.24) is 0 Å². The average molecular weight is 789 g/mol. The van der Waals surface area contributed by atoms with Crippen molar-refractivity contribution in [2.75, 3.05) is 13.2 Å². The van der Waals surface area contributed by atoms with Gasteiger partial charge in [-0.15, -0.1) is 0 Å². The maximum absolute atomic E-state index is 12.5. The van der Waals surface area contributed by atoms with Gasteiger partial charge in [-0.05, 0) is 25.2 Å². The lowest BCUT2D eigenvalue weighted by atomic mass is 9.89. The fourth-order valence-corrected chi connectivity index (χ4v) is 7.42. The van der Waals surface area contributed by atoms with E-state index in [9.17, 15) is 29.5 Å². The zero-order valence-electron chi connectivity index (χ0n) is 33.7. The van der Waals surface area contributed by atoms with Gasteiger partial charge in [0.25, 0.3) is 0 Å². The molecule has 6 atom stereocenters. The van der Waals surface area contributed by atoms with E-state index >= 15 is 0 Å². The zero-order chi connectivity index (χ0) is 39.9. The molecule has 0 heterocycles. The van der Waals surface area contributed by atoms with Crippen LogP contribution in [0.4, 0.5) is 0 Å². The van der Waals surface area contributed by atoms with E-state index in [-0.39, 0.29) is 31.1 Å². The Balaban J connectivity index is 2.29. The predicted octanol–water partition coefficient (Wildman–Crippen LogP) is 9.17. The SMILES string of the molecule is CCCCCCCCCCCCCCCCCCCCC(=O)OC[C@H](COP(=O)(O)O)OC(=O)C/C=C\C[C@H]1[C@@H](/C=C/[C@H](O)CCCCC)[C@H](O)C[C@@H]1O. The predicted molar refractivity (Wildman–Crippen MR) is 214 cm³/mol. The van der Waals surface area contributed by atoms with Crippen LogP contribution in [0.3, 0.4) is 0 Å². The van der Waals surface area contributed by atoms with Gasteiger partial charge in [0.1, 0.15) is 6.61 Å². The summed E-state index contributed by atoms with van der Waals surface area (Å²) in [7, 11) is -4.85. The van der Waals surface area contributed by atoms with Crippen molar-refractivity contribution in [3.63, 3.8) is 0 Å². The van der Waals surface area contributed by atoms with Gasteiger partial charge in [-0.2, -0.15) is 0 Å². The highest BCUT2D eigenvalue weighted by atomic mass is 31.2. The molecule has 0 amide bonds. The molecule has 0 spiro atoms. The third-order valence-electron chi connectivity index (χ3n) is 10.3. The second-order valence-electron chi connectivity index (χ2n) is 15.3. The van der Waals surface area contributed by atoms with Crippen LogP contribution in [0.1, 0.15) is 181 Å². The molecule has 0 bridgehead atoms. The number of carbonyl (C=O) groups is 2. The maximum Gasteiger partial charge on any atom is 0.469 e. The van der Waals surface area contributed by atoms with Gasteiger partial charge in [0.2, 0.25) is 0 Å². The van der Waals surface area contributed by atoms with Crippen molar-refractivity contribution in [2.45, 2.75) is 205 Å². The molecule has 5 N–H and O–H groups in total. The molecular weight excluding hydrogens is 711 g/mol. The van der Waals surface area contributed by atoms with Crippen LogP contribution in [-0.2, 0) is 28.2 Å². The number of aliphatic hydroxyl groups is 3. The Morgan fingerprint density at radius 2 is 1.22 bits per heavy atom. The molecule has 1 saturated carbocycles. The molecule has 1 fully saturated rings. The Morgan fingerprint density at radius 1 is 0.704 bits per heavy atom. The van der Waals surface area contributed by atoms with Gasteiger partial charge < -0.3 is 34.6 Å². The van der Waals surface area contributed by atoms with E-state index in [1.807, 2.05) is 0 Å². The molecule has 316 valence electrons. The zero-order valence-corrected chi connectivity index (χ0v) is 34.6. The smallest absolute Gasteiger partial charge is 0.462 e. The van der Waals surface area contributed by atoms with E-state index in [0.29, 0.717) is 19.3 Å². The highest BCUT2D eigenvalue weighted by Crippen LogP contribution is 2.37. The summed E-state index contributed by atoms with van der Waals surface area (Å²) in [4.78, 5) is 43.1. The number of ether oxygens (including phenoxy) is 2. The van der Waals surface area contributed by atoms with Gasteiger partial charge in [0, 0.05) is 18.8 Å². The minimum absolute atomic E-state index is 0.165. The largest absolute Gasteiger partial charge is 0.469 e. The van der Waals surface area contributed by atoms with Gasteiger partial charge >= 0.3 is 19.8 Å². The summed E-state index contributed by atoms with van der Waals surface area (Å²) in [5, 5.41) is 31.2.